The first kappa shape index (κ1) is 14.5. The minimum atomic E-state index is -0.0164. The third-order valence-electron chi connectivity index (χ3n) is 4.23. The van der Waals surface area contributed by atoms with E-state index in [1.165, 1.54) is 5.39 Å². The fourth-order valence-electron chi connectivity index (χ4n) is 3.17. The molecule has 0 atom stereocenters. The molecule has 0 bridgehead atoms. The van der Waals surface area contributed by atoms with Crippen LogP contribution in [0.2, 0.25) is 0 Å². The Bertz CT molecular complexity index is 953. The fraction of sp³-hybridized carbons (Fsp3) is 0.0952. The molecule has 0 saturated heterocycles. The van der Waals surface area contributed by atoms with Crippen molar-refractivity contribution >= 4 is 28.4 Å². The summed E-state index contributed by atoms with van der Waals surface area (Å²) in [7, 11) is 0. The van der Waals surface area contributed by atoms with Gasteiger partial charge < -0.3 is 4.74 Å². The minimum absolute atomic E-state index is 0.0164. The van der Waals surface area contributed by atoms with Crippen LogP contribution in [0.3, 0.4) is 0 Å². The second kappa shape index (κ2) is 5.85. The summed E-state index contributed by atoms with van der Waals surface area (Å²) in [6.45, 7) is 1.96. The number of rotatable bonds is 1. The van der Waals surface area contributed by atoms with Gasteiger partial charge in [0.15, 0.2) is 0 Å². The van der Waals surface area contributed by atoms with Crippen LogP contribution < -0.4 is 9.64 Å². The average Bonchev–Trinajstić information content (AvgIpc) is 2.61. The van der Waals surface area contributed by atoms with Gasteiger partial charge in [-0.05, 0) is 34.5 Å². The van der Waals surface area contributed by atoms with Crippen molar-refractivity contribution in [2.75, 3.05) is 11.5 Å². The Balaban J connectivity index is 1.86. The molecule has 0 saturated carbocycles. The lowest BCUT2D eigenvalue weighted by Crippen LogP contribution is -2.34. The molecule has 0 aliphatic carbocycles. The number of nitrogens with zero attached hydrogens (tertiary/aromatic N) is 1. The predicted molar refractivity (Wildman–Crippen MR) is 97.0 cm³/mol. The quantitative estimate of drug-likeness (QED) is 0.655. The van der Waals surface area contributed by atoms with Gasteiger partial charge in [0.05, 0.1) is 11.4 Å². The molecular formula is C21H17NO2. The van der Waals surface area contributed by atoms with Crippen LogP contribution in [0.25, 0.3) is 16.8 Å². The summed E-state index contributed by atoms with van der Waals surface area (Å²) in [5.41, 5.74) is 2.72. The molecule has 0 spiro atoms. The number of carbonyl (C=O) groups is 1. The molecule has 3 aromatic carbocycles. The molecule has 1 heterocycles. The van der Waals surface area contributed by atoms with E-state index in [-0.39, 0.29) is 5.91 Å². The van der Waals surface area contributed by atoms with E-state index in [0.717, 1.165) is 28.1 Å². The normalized spacial score (nSPS) is 15.2. The molecular weight excluding hydrogens is 298 g/mol. The highest BCUT2D eigenvalue weighted by Crippen LogP contribution is 2.36. The number of benzene rings is 3. The first-order valence-electron chi connectivity index (χ1n) is 7.95. The first-order chi connectivity index (χ1) is 11.7. The Labute approximate surface area is 140 Å². The molecule has 3 heteroatoms. The van der Waals surface area contributed by atoms with Crippen molar-refractivity contribution in [1.29, 1.82) is 0 Å². The van der Waals surface area contributed by atoms with E-state index >= 15 is 0 Å². The zero-order valence-electron chi connectivity index (χ0n) is 13.4. The standard InChI is InChI=1S/C21H17NO2/c1-15(23)22-18(14-24-21-12-5-4-11-20(21)22)13-17-9-6-8-16-7-2-3-10-19(16)17/h2-13H,14H2,1H3/b18-13-. The summed E-state index contributed by atoms with van der Waals surface area (Å²) >= 11 is 0. The van der Waals surface area contributed by atoms with Crippen LogP contribution in [-0.4, -0.2) is 12.5 Å². The van der Waals surface area contributed by atoms with Gasteiger partial charge in [0.25, 0.3) is 0 Å². The Kier molecular flexibility index (Phi) is 3.54. The van der Waals surface area contributed by atoms with E-state index in [1.807, 2.05) is 48.5 Å². The van der Waals surface area contributed by atoms with E-state index < -0.39 is 0 Å². The molecule has 3 aromatic rings. The van der Waals surface area contributed by atoms with Gasteiger partial charge in [0, 0.05) is 6.92 Å². The van der Waals surface area contributed by atoms with Crippen LogP contribution in [-0.2, 0) is 4.79 Å². The summed E-state index contributed by atoms with van der Waals surface area (Å²) in [5, 5.41) is 2.34. The van der Waals surface area contributed by atoms with E-state index in [1.54, 1.807) is 11.8 Å². The number of ether oxygens (including phenoxy) is 1. The Hall–Kier alpha value is -3.07. The largest absolute Gasteiger partial charge is 0.485 e. The molecule has 0 N–H and O–H groups in total. The third-order valence-corrected chi connectivity index (χ3v) is 4.23. The van der Waals surface area contributed by atoms with Gasteiger partial charge >= 0.3 is 0 Å². The van der Waals surface area contributed by atoms with Crippen molar-refractivity contribution in [2.45, 2.75) is 6.92 Å². The number of hydrogen-bond donors (Lipinski definition) is 0. The van der Waals surface area contributed by atoms with E-state index in [0.29, 0.717) is 6.61 Å². The second-order valence-corrected chi connectivity index (χ2v) is 5.81. The SMILES string of the molecule is CC(=O)N1/C(=C\c2cccc3ccccc23)COc2ccccc21. The highest BCUT2D eigenvalue weighted by atomic mass is 16.5. The number of fused-ring (bicyclic) bond motifs is 2. The molecule has 0 radical (unpaired) electrons. The summed E-state index contributed by atoms with van der Waals surface area (Å²) < 4.78 is 5.84. The molecule has 1 amide bonds. The monoisotopic (exact) mass is 315 g/mol. The van der Waals surface area contributed by atoms with Crippen molar-refractivity contribution < 1.29 is 9.53 Å². The molecule has 1 aliphatic heterocycles. The molecule has 24 heavy (non-hydrogen) atoms. The number of amides is 1. The summed E-state index contributed by atoms with van der Waals surface area (Å²) in [6, 6.07) is 22.1. The maximum absolute atomic E-state index is 12.3. The van der Waals surface area contributed by atoms with E-state index in [4.69, 9.17) is 4.74 Å². The number of hydrogen-bond acceptors (Lipinski definition) is 2. The predicted octanol–water partition coefficient (Wildman–Crippen LogP) is 4.63. The topological polar surface area (TPSA) is 29.5 Å². The van der Waals surface area contributed by atoms with Gasteiger partial charge in [-0.2, -0.15) is 0 Å². The average molecular weight is 315 g/mol. The Morgan fingerprint density at radius 2 is 1.75 bits per heavy atom. The molecule has 0 aromatic heterocycles. The molecule has 4 rings (SSSR count). The van der Waals surface area contributed by atoms with E-state index in [2.05, 4.69) is 24.3 Å². The molecule has 118 valence electrons. The lowest BCUT2D eigenvalue weighted by Gasteiger charge is -2.31. The van der Waals surface area contributed by atoms with Crippen molar-refractivity contribution in [3.8, 4) is 5.75 Å². The zero-order chi connectivity index (χ0) is 16.5. The van der Waals surface area contributed by atoms with Crippen LogP contribution >= 0.6 is 0 Å². The van der Waals surface area contributed by atoms with Crippen LogP contribution in [0.15, 0.2) is 72.4 Å². The maximum Gasteiger partial charge on any atom is 0.228 e. The summed E-state index contributed by atoms with van der Waals surface area (Å²) in [6.07, 6.45) is 2.04. The smallest absolute Gasteiger partial charge is 0.228 e. The van der Waals surface area contributed by atoms with Crippen LogP contribution in [0.5, 0.6) is 5.75 Å². The van der Waals surface area contributed by atoms with Crippen molar-refractivity contribution in [1.82, 2.24) is 0 Å². The van der Waals surface area contributed by atoms with Gasteiger partial charge in [0.2, 0.25) is 5.91 Å². The molecule has 0 fully saturated rings. The third kappa shape index (κ3) is 2.44. The zero-order valence-corrected chi connectivity index (χ0v) is 13.4. The molecule has 0 unspecified atom stereocenters. The summed E-state index contributed by atoms with van der Waals surface area (Å²) in [4.78, 5) is 14.0. The van der Waals surface area contributed by atoms with Crippen molar-refractivity contribution in [3.05, 3.63) is 78.0 Å². The second-order valence-electron chi connectivity index (χ2n) is 5.81. The Morgan fingerprint density at radius 1 is 1.00 bits per heavy atom. The maximum atomic E-state index is 12.3. The van der Waals surface area contributed by atoms with Gasteiger partial charge in [-0.25, -0.2) is 0 Å². The number of para-hydroxylation sites is 2. The Morgan fingerprint density at radius 3 is 2.62 bits per heavy atom. The van der Waals surface area contributed by atoms with Crippen LogP contribution in [0.1, 0.15) is 12.5 Å². The first-order valence-corrected chi connectivity index (χ1v) is 7.95. The summed E-state index contributed by atoms with van der Waals surface area (Å²) in [5.74, 6) is 0.722. The lowest BCUT2D eigenvalue weighted by atomic mass is 10.0. The van der Waals surface area contributed by atoms with Gasteiger partial charge in [-0.15, -0.1) is 0 Å². The highest BCUT2D eigenvalue weighted by molar-refractivity contribution is 5.99. The number of carbonyl (C=O) groups excluding carboxylic acids is 1. The van der Waals surface area contributed by atoms with Gasteiger partial charge in [-0.1, -0.05) is 54.6 Å². The fourth-order valence-corrected chi connectivity index (χ4v) is 3.17. The highest BCUT2D eigenvalue weighted by Gasteiger charge is 2.25. The lowest BCUT2D eigenvalue weighted by molar-refractivity contribution is -0.116. The minimum Gasteiger partial charge on any atom is -0.485 e. The molecule has 1 aliphatic rings. The molecule has 3 nitrogen and oxygen atoms in total. The van der Waals surface area contributed by atoms with Crippen LogP contribution in [0, 0.1) is 0 Å². The van der Waals surface area contributed by atoms with Crippen molar-refractivity contribution in [2.24, 2.45) is 0 Å². The van der Waals surface area contributed by atoms with Gasteiger partial charge in [0.1, 0.15) is 12.4 Å². The van der Waals surface area contributed by atoms with Crippen molar-refractivity contribution in [3.63, 3.8) is 0 Å². The van der Waals surface area contributed by atoms with Gasteiger partial charge in [-0.3, -0.25) is 9.69 Å². The number of anilines is 1. The van der Waals surface area contributed by atoms with Crippen LogP contribution in [0.4, 0.5) is 5.69 Å². The van der Waals surface area contributed by atoms with E-state index in [9.17, 15) is 4.79 Å².